The highest BCUT2D eigenvalue weighted by Crippen LogP contribution is 2.30. The van der Waals surface area contributed by atoms with Crippen LogP contribution < -0.4 is 5.32 Å². The van der Waals surface area contributed by atoms with E-state index in [-0.39, 0.29) is 0 Å². The molecular formula is C10H15NOS. The van der Waals surface area contributed by atoms with Gasteiger partial charge in [-0.15, -0.1) is 11.3 Å². The van der Waals surface area contributed by atoms with Gasteiger partial charge in [0, 0.05) is 23.6 Å². The van der Waals surface area contributed by atoms with E-state index < -0.39 is 0 Å². The zero-order valence-corrected chi connectivity index (χ0v) is 8.39. The Bertz CT molecular complexity index is 247. The highest BCUT2D eigenvalue weighted by atomic mass is 32.1. The Balaban J connectivity index is 1.91. The Hall–Kier alpha value is -0.380. The quantitative estimate of drug-likeness (QED) is 0.776. The van der Waals surface area contributed by atoms with Gasteiger partial charge in [-0.25, -0.2) is 0 Å². The average molecular weight is 197 g/mol. The Labute approximate surface area is 82.6 Å². The van der Waals surface area contributed by atoms with E-state index in [2.05, 4.69) is 22.8 Å². The summed E-state index contributed by atoms with van der Waals surface area (Å²) in [6, 6.07) is 5.35. The summed E-state index contributed by atoms with van der Waals surface area (Å²) in [5.74, 6) is 0. The normalized spacial score (nSPS) is 28.1. The highest BCUT2D eigenvalue weighted by molar-refractivity contribution is 7.10. The van der Waals surface area contributed by atoms with E-state index in [1.54, 1.807) is 0 Å². The van der Waals surface area contributed by atoms with Crippen LogP contribution in [0.4, 0.5) is 0 Å². The van der Waals surface area contributed by atoms with Gasteiger partial charge >= 0.3 is 0 Å². The Morgan fingerprint density at radius 2 is 2.46 bits per heavy atom. The summed E-state index contributed by atoms with van der Waals surface area (Å²) < 4.78 is 0. The topological polar surface area (TPSA) is 32.3 Å². The third-order valence-electron chi connectivity index (χ3n) is 2.60. The summed E-state index contributed by atoms with van der Waals surface area (Å²) in [5, 5.41) is 14.5. The van der Waals surface area contributed by atoms with Crippen molar-refractivity contribution in [2.24, 2.45) is 0 Å². The number of aliphatic hydroxyl groups excluding tert-OH is 1. The Morgan fingerprint density at radius 1 is 1.54 bits per heavy atom. The fraction of sp³-hybridized carbons (Fsp3) is 0.600. The van der Waals surface area contributed by atoms with E-state index in [1.165, 1.54) is 17.7 Å². The maximum atomic E-state index is 8.81. The van der Waals surface area contributed by atoms with Gasteiger partial charge in [-0.3, -0.25) is 0 Å². The minimum Gasteiger partial charge on any atom is -0.396 e. The lowest BCUT2D eigenvalue weighted by atomic mass is 10.1. The van der Waals surface area contributed by atoms with Crippen LogP contribution in [0.3, 0.4) is 0 Å². The maximum absolute atomic E-state index is 8.81. The van der Waals surface area contributed by atoms with Gasteiger partial charge in [0.2, 0.25) is 0 Å². The number of aliphatic hydroxyl groups is 1. The molecular weight excluding hydrogens is 182 g/mol. The largest absolute Gasteiger partial charge is 0.396 e. The zero-order chi connectivity index (χ0) is 9.10. The van der Waals surface area contributed by atoms with E-state index in [0.717, 1.165) is 6.42 Å². The van der Waals surface area contributed by atoms with Gasteiger partial charge in [-0.2, -0.15) is 0 Å². The summed E-state index contributed by atoms with van der Waals surface area (Å²) in [4.78, 5) is 1.43. The molecule has 2 atom stereocenters. The summed E-state index contributed by atoms with van der Waals surface area (Å²) in [6.07, 6.45) is 3.30. The van der Waals surface area contributed by atoms with Gasteiger partial charge in [-0.1, -0.05) is 6.07 Å². The molecule has 1 aliphatic heterocycles. The molecule has 13 heavy (non-hydrogen) atoms. The highest BCUT2D eigenvalue weighted by Gasteiger charge is 2.24. The van der Waals surface area contributed by atoms with Gasteiger partial charge < -0.3 is 10.4 Å². The van der Waals surface area contributed by atoms with Crippen molar-refractivity contribution in [1.82, 2.24) is 5.32 Å². The molecule has 3 heteroatoms. The average Bonchev–Trinajstić information content (AvgIpc) is 2.70. The van der Waals surface area contributed by atoms with Crippen LogP contribution in [0.5, 0.6) is 0 Å². The van der Waals surface area contributed by atoms with E-state index >= 15 is 0 Å². The van der Waals surface area contributed by atoms with Crippen LogP contribution in [0, 0.1) is 0 Å². The molecule has 1 aromatic heterocycles. The minimum absolute atomic E-state index is 0.300. The van der Waals surface area contributed by atoms with Gasteiger partial charge in [-0.05, 0) is 30.7 Å². The van der Waals surface area contributed by atoms with Crippen LogP contribution in [0.1, 0.15) is 30.2 Å². The van der Waals surface area contributed by atoms with Crippen LogP contribution in [0.15, 0.2) is 17.5 Å². The molecule has 0 unspecified atom stereocenters. The second-order valence-electron chi connectivity index (χ2n) is 3.52. The molecule has 0 spiro atoms. The Morgan fingerprint density at radius 3 is 3.15 bits per heavy atom. The number of nitrogens with one attached hydrogen (secondary N) is 1. The molecule has 0 radical (unpaired) electrons. The van der Waals surface area contributed by atoms with Crippen molar-refractivity contribution in [3.05, 3.63) is 22.4 Å². The van der Waals surface area contributed by atoms with E-state index in [9.17, 15) is 0 Å². The molecule has 2 N–H and O–H groups in total. The fourth-order valence-corrected chi connectivity index (χ4v) is 2.74. The summed E-state index contributed by atoms with van der Waals surface area (Å²) >= 11 is 1.82. The maximum Gasteiger partial charge on any atom is 0.0445 e. The lowest BCUT2D eigenvalue weighted by molar-refractivity contribution is 0.269. The summed E-state index contributed by atoms with van der Waals surface area (Å²) in [7, 11) is 0. The van der Waals surface area contributed by atoms with E-state index in [1.807, 2.05) is 11.3 Å². The molecule has 2 nitrogen and oxygen atoms in total. The van der Waals surface area contributed by atoms with Crippen molar-refractivity contribution in [2.75, 3.05) is 6.61 Å². The molecule has 2 heterocycles. The van der Waals surface area contributed by atoms with Crippen LogP contribution >= 0.6 is 11.3 Å². The molecule has 0 amide bonds. The van der Waals surface area contributed by atoms with Gasteiger partial charge in [0.1, 0.15) is 0 Å². The molecule has 1 saturated heterocycles. The van der Waals surface area contributed by atoms with E-state index in [0.29, 0.717) is 18.7 Å². The number of hydrogen-bond donors (Lipinski definition) is 2. The van der Waals surface area contributed by atoms with Crippen LogP contribution in [0.25, 0.3) is 0 Å². The molecule has 0 saturated carbocycles. The lowest BCUT2D eigenvalue weighted by Gasteiger charge is -2.11. The molecule has 1 fully saturated rings. The van der Waals surface area contributed by atoms with E-state index in [4.69, 9.17) is 5.11 Å². The number of hydrogen-bond acceptors (Lipinski definition) is 3. The minimum atomic E-state index is 0.300. The number of thiophene rings is 1. The van der Waals surface area contributed by atoms with Crippen molar-refractivity contribution in [2.45, 2.75) is 31.3 Å². The third-order valence-corrected chi connectivity index (χ3v) is 3.59. The first-order valence-electron chi connectivity index (χ1n) is 4.80. The predicted molar refractivity (Wildman–Crippen MR) is 54.9 cm³/mol. The monoisotopic (exact) mass is 197 g/mol. The standard InChI is InChI=1S/C10H15NOS/c12-6-5-8-3-4-9(11-8)10-2-1-7-13-10/h1-2,7-9,11-12H,3-6H2/t8-,9-/m0/s1. The smallest absolute Gasteiger partial charge is 0.0445 e. The van der Waals surface area contributed by atoms with Crippen molar-refractivity contribution in [3.8, 4) is 0 Å². The molecule has 1 aliphatic rings. The van der Waals surface area contributed by atoms with Crippen molar-refractivity contribution in [3.63, 3.8) is 0 Å². The lowest BCUT2D eigenvalue weighted by Crippen LogP contribution is -2.24. The molecule has 0 bridgehead atoms. The van der Waals surface area contributed by atoms with Crippen molar-refractivity contribution >= 4 is 11.3 Å². The predicted octanol–water partition coefficient (Wildman–Crippen LogP) is 1.92. The van der Waals surface area contributed by atoms with Crippen LogP contribution in [0.2, 0.25) is 0 Å². The van der Waals surface area contributed by atoms with Crippen LogP contribution in [-0.4, -0.2) is 17.8 Å². The first-order valence-corrected chi connectivity index (χ1v) is 5.68. The van der Waals surface area contributed by atoms with Gasteiger partial charge in [0.15, 0.2) is 0 Å². The van der Waals surface area contributed by atoms with Crippen LogP contribution in [-0.2, 0) is 0 Å². The Kier molecular flexibility index (Phi) is 2.98. The fourth-order valence-electron chi connectivity index (χ4n) is 1.92. The summed E-state index contributed by atoms with van der Waals surface area (Å²) in [5.41, 5.74) is 0. The summed E-state index contributed by atoms with van der Waals surface area (Å²) in [6.45, 7) is 0.300. The first kappa shape index (κ1) is 9.19. The molecule has 2 rings (SSSR count). The van der Waals surface area contributed by atoms with Crippen molar-refractivity contribution < 1.29 is 5.11 Å². The molecule has 1 aromatic rings. The second-order valence-corrected chi connectivity index (χ2v) is 4.50. The SMILES string of the molecule is OCC[C@@H]1CC[C@@H](c2cccs2)N1. The molecule has 72 valence electrons. The van der Waals surface area contributed by atoms with Gasteiger partial charge in [0.05, 0.1) is 0 Å². The molecule has 0 aromatic carbocycles. The molecule has 0 aliphatic carbocycles. The zero-order valence-electron chi connectivity index (χ0n) is 7.57. The number of rotatable bonds is 3. The second kappa shape index (κ2) is 4.22. The van der Waals surface area contributed by atoms with Crippen molar-refractivity contribution in [1.29, 1.82) is 0 Å². The third kappa shape index (κ3) is 2.10. The first-order chi connectivity index (χ1) is 6.40. The van der Waals surface area contributed by atoms with Gasteiger partial charge in [0.25, 0.3) is 0 Å².